The molecular weight excluding hydrogens is 393 g/mol. The molecule has 0 saturated carbocycles. The minimum absolute atomic E-state index is 0.158. The SMILES string of the molecule is Cn1ncnc1-c1c(Cl)sc(C(N)=O)c1[C@@H](CN)Cc1ccc(Cl)cc1. The monoisotopic (exact) mass is 409 g/mol. The van der Waals surface area contributed by atoms with Crippen molar-refractivity contribution >= 4 is 40.4 Å². The number of nitrogens with two attached hydrogens (primary N) is 2. The molecule has 0 saturated heterocycles. The molecule has 136 valence electrons. The molecule has 0 aliphatic carbocycles. The number of carbonyl (C=O) groups excluding carboxylic acids is 1. The van der Waals surface area contributed by atoms with Crippen LogP contribution < -0.4 is 11.5 Å². The van der Waals surface area contributed by atoms with Crippen molar-refractivity contribution in [1.29, 1.82) is 0 Å². The first-order valence-electron chi connectivity index (χ1n) is 7.83. The summed E-state index contributed by atoms with van der Waals surface area (Å²) in [5, 5.41) is 4.76. The van der Waals surface area contributed by atoms with Crippen LogP contribution in [0.25, 0.3) is 11.4 Å². The van der Waals surface area contributed by atoms with E-state index in [4.69, 9.17) is 34.7 Å². The van der Waals surface area contributed by atoms with Gasteiger partial charge in [-0.05, 0) is 36.2 Å². The molecule has 0 spiro atoms. The van der Waals surface area contributed by atoms with Crippen molar-refractivity contribution in [2.24, 2.45) is 18.5 Å². The van der Waals surface area contributed by atoms with E-state index in [1.807, 2.05) is 24.3 Å². The van der Waals surface area contributed by atoms with Gasteiger partial charge in [-0.3, -0.25) is 4.79 Å². The zero-order valence-corrected chi connectivity index (χ0v) is 16.3. The second kappa shape index (κ2) is 7.75. The number of nitrogens with zero attached hydrogens (tertiary/aromatic N) is 3. The largest absolute Gasteiger partial charge is 0.365 e. The molecule has 4 N–H and O–H groups in total. The Kier molecular flexibility index (Phi) is 5.62. The Morgan fingerprint density at radius 2 is 2.00 bits per heavy atom. The van der Waals surface area contributed by atoms with E-state index in [9.17, 15) is 4.79 Å². The lowest BCUT2D eigenvalue weighted by atomic mass is 9.89. The lowest BCUT2D eigenvalue weighted by molar-refractivity contribution is 0.100. The predicted octanol–water partition coefficient (Wildman–Crippen LogP) is 3.23. The minimum atomic E-state index is -0.533. The summed E-state index contributed by atoms with van der Waals surface area (Å²) in [6.07, 6.45) is 2.06. The lowest BCUT2D eigenvalue weighted by Gasteiger charge is -2.18. The van der Waals surface area contributed by atoms with Crippen LogP contribution in [0.1, 0.15) is 26.7 Å². The van der Waals surface area contributed by atoms with E-state index < -0.39 is 5.91 Å². The van der Waals surface area contributed by atoms with Gasteiger partial charge in [-0.2, -0.15) is 5.10 Å². The standard InChI is InChI=1S/C17H17Cl2N5OS/c1-24-17(22-8-23-24)13-12(14(16(21)25)26-15(13)19)10(7-20)6-9-2-4-11(18)5-3-9/h2-5,8,10H,6-7,20H2,1H3,(H2,21,25)/t10-/m1/s1. The van der Waals surface area contributed by atoms with Crippen LogP contribution >= 0.6 is 34.5 Å². The average molecular weight is 410 g/mol. The maximum absolute atomic E-state index is 12.0. The van der Waals surface area contributed by atoms with Gasteiger partial charge >= 0.3 is 0 Å². The van der Waals surface area contributed by atoms with Crippen molar-refractivity contribution in [3.05, 3.63) is 56.0 Å². The van der Waals surface area contributed by atoms with Crippen LogP contribution in [0.4, 0.5) is 0 Å². The fraction of sp³-hybridized carbons (Fsp3) is 0.235. The molecule has 1 amide bonds. The molecular formula is C17H17Cl2N5OS. The topological polar surface area (TPSA) is 99.8 Å². The quantitative estimate of drug-likeness (QED) is 0.652. The number of primary amides is 1. The van der Waals surface area contributed by atoms with Gasteiger partial charge in [0.05, 0.1) is 10.4 Å². The molecule has 1 aromatic carbocycles. The summed E-state index contributed by atoms with van der Waals surface area (Å²) in [6, 6.07) is 7.52. The van der Waals surface area contributed by atoms with Crippen LogP contribution in [-0.2, 0) is 13.5 Å². The first-order valence-corrected chi connectivity index (χ1v) is 9.40. The fourth-order valence-corrected chi connectivity index (χ4v) is 4.43. The maximum atomic E-state index is 12.0. The number of benzene rings is 1. The van der Waals surface area contributed by atoms with Gasteiger partial charge in [0.2, 0.25) is 0 Å². The molecule has 3 aromatic rings. The zero-order valence-electron chi connectivity index (χ0n) is 13.9. The van der Waals surface area contributed by atoms with E-state index in [1.165, 1.54) is 6.33 Å². The van der Waals surface area contributed by atoms with E-state index in [2.05, 4.69) is 10.1 Å². The van der Waals surface area contributed by atoms with Crippen LogP contribution in [0, 0.1) is 0 Å². The van der Waals surface area contributed by atoms with Crippen molar-refractivity contribution in [2.75, 3.05) is 6.54 Å². The van der Waals surface area contributed by atoms with Gasteiger partial charge in [0, 0.05) is 18.0 Å². The van der Waals surface area contributed by atoms with E-state index in [0.717, 1.165) is 22.5 Å². The summed E-state index contributed by atoms with van der Waals surface area (Å²) in [4.78, 5) is 16.7. The number of thiophene rings is 1. The Morgan fingerprint density at radius 3 is 2.54 bits per heavy atom. The summed E-state index contributed by atoms with van der Waals surface area (Å²) >= 11 is 13.6. The van der Waals surface area contributed by atoms with Crippen molar-refractivity contribution in [3.8, 4) is 11.4 Å². The number of halogens is 2. The summed E-state index contributed by atoms with van der Waals surface area (Å²) in [5.74, 6) is -0.118. The van der Waals surface area contributed by atoms with Crippen molar-refractivity contribution in [1.82, 2.24) is 14.8 Å². The number of aromatic nitrogens is 3. The zero-order chi connectivity index (χ0) is 18.8. The Labute approximate surface area is 164 Å². The molecule has 2 heterocycles. The van der Waals surface area contributed by atoms with Crippen LogP contribution in [0.2, 0.25) is 9.36 Å². The predicted molar refractivity (Wildman–Crippen MR) is 105 cm³/mol. The Hall–Kier alpha value is -1.93. The molecule has 3 rings (SSSR count). The molecule has 0 radical (unpaired) electrons. The summed E-state index contributed by atoms with van der Waals surface area (Å²) in [6.45, 7) is 0.320. The van der Waals surface area contributed by atoms with Gasteiger partial charge in [-0.25, -0.2) is 9.67 Å². The van der Waals surface area contributed by atoms with Crippen molar-refractivity contribution < 1.29 is 4.79 Å². The molecule has 0 unspecified atom stereocenters. The number of rotatable bonds is 6. The molecule has 0 bridgehead atoms. The van der Waals surface area contributed by atoms with E-state index >= 15 is 0 Å². The molecule has 2 aromatic heterocycles. The van der Waals surface area contributed by atoms with Gasteiger partial charge in [0.1, 0.15) is 10.7 Å². The van der Waals surface area contributed by atoms with E-state index in [1.54, 1.807) is 11.7 Å². The van der Waals surface area contributed by atoms with Gasteiger partial charge in [-0.1, -0.05) is 35.3 Å². The third-order valence-electron chi connectivity index (χ3n) is 4.15. The number of hydrogen-bond acceptors (Lipinski definition) is 5. The highest BCUT2D eigenvalue weighted by atomic mass is 35.5. The highest BCUT2D eigenvalue weighted by molar-refractivity contribution is 7.18. The molecule has 26 heavy (non-hydrogen) atoms. The molecule has 0 fully saturated rings. The molecule has 9 heteroatoms. The third kappa shape index (κ3) is 3.61. The molecule has 0 aliphatic heterocycles. The van der Waals surface area contributed by atoms with E-state index in [0.29, 0.717) is 38.6 Å². The van der Waals surface area contributed by atoms with Gasteiger partial charge in [0.15, 0.2) is 5.82 Å². The number of carbonyl (C=O) groups is 1. The highest BCUT2D eigenvalue weighted by Gasteiger charge is 2.29. The van der Waals surface area contributed by atoms with Crippen molar-refractivity contribution in [3.63, 3.8) is 0 Å². The summed E-state index contributed by atoms with van der Waals surface area (Å²) in [7, 11) is 1.76. The fourth-order valence-electron chi connectivity index (χ4n) is 2.93. The third-order valence-corrected chi connectivity index (χ3v) is 5.83. The van der Waals surface area contributed by atoms with Crippen LogP contribution in [0.3, 0.4) is 0 Å². The Balaban J connectivity index is 2.12. The van der Waals surface area contributed by atoms with Crippen LogP contribution in [0.15, 0.2) is 30.6 Å². The first kappa shape index (κ1) is 18.8. The number of amides is 1. The van der Waals surface area contributed by atoms with Crippen LogP contribution in [-0.4, -0.2) is 27.2 Å². The number of hydrogen-bond donors (Lipinski definition) is 2. The lowest BCUT2D eigenvalue weighted by Crippen LogP contribution is -2.20. The minimum Gasteiger partial charge on any atom is -0.365 e. The number of aryl methyl sites for hydroxylation is 1. The van der Waals surface area contributed by atoms with Gasteiger partial charge < -0.3 is 11.5 Å². The van der Waals surface area contributed by atoms with Gasteiger partial charge in [0.25, 0.3) is 5.91 Å². The molecule has 6 nitrogen and oxygen atoms in total. The summed E-state index contributed by atoms with van der Waals surface area (Å²) in [5.41, 5.74) is 14.1. The normalized spacial score (nSPS) is 12.3. The molecule has 0 aliphatic rings. The van der Waals surface area contributed by atoms with Crippen molar-refractivity contribution in [2.45, 2.75) is 12.3 Å². The second-order valence-electron chi connectivity index (χ2n) is 5.83. The van der Waals surface area contributed by atoms with E-state index in [-0.39, 0.29) is 5.92 Å². The highest BCUT2D eigenvalue weighted by Crippen LogP contribution is 2.43. The first-order chi connectivity index (χ1) is 12.4. The molecule has 1 atom stereocenters. The van der Waals surface area contributed by atoms with Gasteiger partial charge in [-0.15, -0.1) is 11.3 Å². The second-order valence-corrected chi connectivity index (χ2v) is 7.89. The smallest absolute Gasteiger partial charge is 0.259 e. The maximum Gasteiger partial charge on any atom is 0.259 e. The Morgan fingerprint density at radius 1 is 1.31 bits per heavy atom. The summed E-state index contributed by atoms with van der Waals surface area (Å²) < 4.78 is 2.05. The Bertz CT molecular complexity index is 935. The average Bonchev–Trinajstić information content (AvgIpc) is 3.17. The van der Waals surface area contributed by atoms with Crippen LogP contribution in [0.5, 0.6) is 0 Å².